The number of carbonyl (C=O) groups is 1. The second kappa shape index (κ2) is 12.3. The summed E-state index contributed by atoms with van der Waals surface area (Å²) in [5, 5.41) is 9.39. The van der Waals surface area contributed by atoms with E-state index in [1.54, 1.807) is 13.2 Å². The zero-order chi connectivity index (χ0) is 20.4. The van der Waals surface area contributed by atoms with Crippen LogP contribution < -0.4 is 16.0 Å². The number of aliphatic imine (C=N–C) groups is 1. The number of hydrogen-bond donors (Lipinski definition) is 3. The fourth-order valence-electron chi connectivity index (χ4n) is 2.48. The molecule has 2 aromatic rings. The van der Waals surface area contributed by atoms with E-state index in [0.717, 1.165) is 11.3 Å². The number of rotatable bonds is 6. The summed E-state index contributed by atoms with van der Waals surface area (Å²) in [6, 6.07) is 15.2. The Morgan fingerprint density at radius 2 is 1.79 bits per heavy atom. The highest BCUT2D eigenvalue weighted by Crippen LogP contribution is 2.14. The number of guanidine groups is 1. The maximum Gasteiger partial charge on any atom is 0.408 e. The molecule has 29 heavy (non-hydrogen) atoms. The van der Waals surface area contributed by atoms with Crippen molar-refractivity contribution < 1.29 is 9.53 Å². The number of hydrogen-bond acceptors (Lipinski definition) is 4. The minimum Gasteiger partial charge on any atom is -0.444 e. The van der Waals surface area contributed by atoms with Gasteiger partial charge in [0, 0.05) is 19.8 Å². The first kappa shape index (κ1) is 24.7. The van der Waals surface area contributed by atoms with Gasteiger partial charge in [-0.15, -0.1) is 24.0 Å². The molecule has 2 rings (SSSR count). The molecule has 0 spiro atoms. The smallest absolute Gasteiger partial charge is 0.408 e. The zero-order valence-corrected chi connectivity index (χ0v) is 19.6. The normalized spacial score (nSPS) is 12.3. The Kier molecular flexibility index (Phi) is 10.4. The van der Waals surface area contributed by atoms with Crippen LogP contribution in [0.5, 0.6) is 0 Å². The van der Waals surface area contributed by atoms with Gasteiger partial charge in [-0.2, -0.15) is 0 Å². The van der Waals surface area contributed by atoms with E-state index in [-0.39, 0.29) is 30.0 Å². The first-order valence-electron chi connectivity index (χ1n) is 9.26. The number of nitrogens with one attached hydrogen (secondary N) is 3. The molecule has 7 nitrogen and oxygen atoms in total. The van der Waals surface area contributed by atoms with Gasteiger partial charge < -0.3 is 20.7 Å². The van der Waals surface area contributed by atoms with Crippen molar-refractivity contribution in [2.24, 2.45) is 4.99 Å². The van der Waals surface area contributed by atoms with Crippen molar-refractivity contribution >= 4 is 36.0 Å². The highest BCUT2D eigenvalue weighted by atomic mass is 127. The molecule has 0 saturated heterocycles. The van der Waals surface area contributed by atoms with Crippen LogP contribution in [0.4, 0.5) is 4.79 Å². The second-order valence-corrected chi connectivity index (χ2v) is 7.24. The van der Waals surface area contributed by atoms with E-state index in [1.165, 1.54) is 0 Å². The quantitative estimate of drug-likeness (QED) is 0.313. The molecule has 1 aromatic heterocycles. The first-order valence-corrected chi connectivity index (χ1v) is 9.26. The minimum absolute atomic E-state index is 0. The third-order valence-corrected chi connectivity index (χ3v) is 3.75. The average Bonchev–Trinajstić information content (AvgIpc) is 2.67. The van der Waals surface area contributed by atoms with E-state index in [2.05, 4.69) is 25.9 Å². The Bertz CT molecular complexity index is 764. The number of nitrogens with zero attached hydrogens (tertiary/aromatic N) is 2. The van der Waals surface area contributed by atoms with Crippen molar-refractivity contribution in [1.29, 1.82) is 0 Å². The van der Waals surface area contributed by atoms with Crippen LogP contribution in [-0.2, 0) is 11.3 Å². The van der Waals surface area contributed by atoms with Gasteiger partial charge >= 0.3 is 6.09 Å². The Morgan fingerprint density at radius 1 is 1.10 bits per heavy atom. The third kappa shape index (κ3) is 9.60. The highest BCUT2D eigenvalue weighted by Gasteiger charge is 2.20. The van der Waals surface area contributed by atoms with Gasteiger partial charge in [-0.3, -0.25) is 9.98 Å². The van der Waals surface area contributed by atoms with Gasteiger partial charge in [-0.1, -0.05) is 36.4 Å². The molecule has 0 aliphatic heterocycles. The van der Waals surface area contributed by atoms with Gasteiger partial charge in [-0.25, -0.2) is 4.79 Å². The van der Waals surface area contributed by atoms with Crippen LogP contribution in [0.25, 0.3) is 0 Å². The first-order chi connectivity index (χ1) is 13.4. The maximum absolute atomic E-state index is 12.3. The molecule has 1 atom stereocenters. The SMILES string of the molecule is CN=C(NCc1ccccn1)NCC(NC(=O)OC(C)(C)C)c1ccccc1.I. The lowest BCUT2D eigenvalue weighted by Gasteiger charge is -2.24. The van der Waals surface area contributed by atoms with Crippen molar-refractivity contribution in [3.63, 3.8) is 0 Å². The molecule has 0 bridgehead atoms. The van der Waals surface area contributed by atoms with Crippen molar-refractivity contribution in [2.75, 3.05) is 13.6 Å². The fourth-order valence-corrected chi connectivity index (χ4v) is 2.48. The predicted molar refractivity (Wildman–Crippen MR) is 126 cm³/mol. The van der Waals surface area contributed by atoms with Crippen molar-refractivity contribution in [3.05, 3.63) is 66.0 Å². The molecule has 8 heteroatoms. The molecule has 0 aliphatic rings. The van der Waals surface area contributed by atoms with Gasteiger partial charge in [0.25, 0.3) is 0 Å². The minimum atomic E-state index is -0.557. The predicted octanol–water partition coefficient (Wildman–Crippen LogP) is 3.63. The highest BCUT2D eigenvalue weighted by molar-refractivity contribution is 14.0. The van der Waals surface area contributed by atoms with Crippen LogP contribution in [0.1, 0.15) is 38.1 Å². The van der Waals surface area contributed by atoms with E-state index in [4.69, 9.17) is 4.74 Å². The van der Waals surface area contributed by atoms with Crippen LogP contribution >= 0.6 is 24.0 Å². The molecule has 1 heterocycles. The van der Waals surface area contributed by atoms with Crippen LogP contribution in [0, 0.1) is 0 Å². The van der Waals surface area contributed by atoms with Gasteiger partial charge in [-0.05, 0) is 38.5 Å². The Morgan fingerprint density at radius 3 is 2.38 bits per heavy atom. The Hall–Kier alpha value is -2.36. The summed E-state index contributed by atoms with van der Waals surface area (Å²) in [7, 11) is 1.70. The standard InChI is InChI=1S/C21H29N5O2.HI/c1-21(2,3)28-20(27)26-18(16-10-6-5-7-11-16)15-25-19(22-4)24-14-17-12-8-9-13-23-17;/h5-13,18H,14-15H2,1-4H3,(H,26,27)(H2,22,24,25);1H. The zero-order valence-electron chi connectivity index (χ0n) is 17.3. The number of carbonyl (C=O) groups excluding carboxylic acids is 1. The van der Waals surface area contributed by atoms with Crippen LogP contribution in [0.3, 0.4) is 0 Å². The third-order valence-electron chi connectivity index (χ3n) is 3.75. The van der Waals surface area contributed by atoms with Gasteiger partial charge in [0.1, 0.15) is 5.60 Å². The average molecular weight is 511 g/mol. The molecule has 0 saturated carbocycles. The summed E-state index contributed by atoms with van der Waals surface area (Å²) >= 11 is 0. The van der Waals surface area contributed by atoms with Gasteiger partial charge in [0.2, 0.25) is 0 Å². The second-order valence-electron chi connectivity index (χ2n) is 7.24. The van der Waals surface area contributed by atoms with E-state index < -0.39 is 11.7 Å². The number of amides is 1. The lowest BCUT2D eigenvalue weighted by molar-refractivity contribution is 0.0504. The summed E-state index contributed by atoms with van der Waals surface area (Å²) in [5.41, 5.74) is 1.33. The van der Waals surface area contributed by atoms with E-state index in [0.29, 0.717) is 19.0 Å². The molecule has 1 aromatic carbocycles. The van der Waals surface area contributed by atoms with Crippen molar-refractivity contribution in [1.82, 2.24) is 20.9 Å². The van der Waals surface area contributed by atoms with Gasteiger partial charge in [0.05, 0.1) is 18.3 Å². The topological polar surface area (TPSA) is 87.6 Å². The lowest BCUT2D eigenvalue weighted by atomic mass is 10.1. The fraction of sp³-hybridized carbons (Fsp3) is 0.381. The summed E-state index contributed by atoms with van der Waals surface area (Å²) in [6.07, 6.45) is 1.29. The number of ether oxygens (including phenoxy) is 1. The van der Waals surface area contributed by atoms with Crippen molar-refractivity contribution in [2.45, 2.75) is 39.0 Å². The number of aromatic nitrogens is 1. The van der Waals surface area contributed by atoms with Crippen LogP contribution in [0.2, 0.25) is 0 Å². The number of benzene rings is 1. The molecule has 0 radical (unpaired) electrons. The monoisotopic (exact) mass is 511 g/mol. The van der Waals surface area contributed by atoms with E-state index >= 15 is 0 Å². The molecular formula is C21H30IN5O2. The van der Waals surface area contributed by atoms with Crippen LogP contribution in [-0.4, -0.2) is 36.2 Å². The van der Waals surface area contributed by atoms with Crippen LogP contribution in [0.15, 0.2) is 59.7 Å². The lowest BCUT2D eigenvalue weighted by Crippen LogP contribution is -2.44. The maximum atomic E-state index is 12.3. The van der Waals surface area contributed by atoms with Gasteiger partial charge in [0.15, 0.2) is 5.96 Å². The summed E-state index contributed by atoms with van der Waals surface area (Å²) < 4.78 is 5.40. The summed E-state index contributed by atoms with van der Waals surface area (Å²) in [6.45, 7) is 6.52. The molecular weight excluding hydrogens is 481 g/mol. The number of halogens is 1. The number of alkyl carbamates (subject to hydrolysis) is 1. The molecule has 158 valence electrons. The Labute approximate surface area is 189 Å². The Balaban J connectivity index is 0.00000420. The molecule has 1 amide bonds. The van der Waals surface area contributed by atoms with E-state index in [9.17, 15) is 4.79 Å². The molecule has 1 unspecified atom stereocenters. The molecule has 3 N–H and O–H groups in total. The summed E-state index contributed by atoms with van der Waals surface area (Å²) in [5.74, 6) is 0.623. The molecule has 0 fully saturated rings. The van der Waals surface area contributed by atoms with E-state index in [1.807, 2.05) is 69.3 Å². The summed E-state index contributed by atoms with van der Waals surface area (Å²) in [4.78, 5) is 20.8. The van der Waals surface area contributed by atoms with Crippen molar-refractivity contribution in [3.8, 4) is 0 Å². The largest absolute Gasteiger partial charge is 0.444 e. The molecule has 0 aliphatic carbocycles. The number of pyridine rings is 1.